The lowest BCUT2D eigenvalue weighted by Crippen LogP contribution is -2.25. The van der Waals surface area contributed by atoms with E-state index >= 15 is 4.57 Å². The number of hydrogen-bond acceptors (Lipinski definition) is 2. The number of fused-ring (bicyclic) bond motifs is 4. The molecule has 0 unspecified atom stereocenters. The Morgan fingerprint density at radius 3 is 1.73 bits per heavy atom. The summed E-state index contributed by atoms with van der Waals surface area (Å²) in [7, 11) is -3.19. The lowest BCUT2D eigenvalue weighted by atomic mass is 9.87. The molecule has 0 bridgehead atoms. The Morgan fingerprint density at radius 2 is 0.979 bits per heavy atom. The van der Waals surface area contributed by atoms with Crippen molar-refractivity contribution in [1.82, 2.24) is 4.98 Å². The second-order valence-corrected chi connectivity index (χ2v) is 15.4. The van der Waals surface area contributed by atoms with Crippen LogP contribution in [0.4, 0.5) is 0 Å². The zero-order chi connectivity index (χ0) is 31.8. The number of para-hydroxylation sites is 1. The van der Waals surface area contributed by atoms with Gasteiger partial charge in [-0.15, -0.1) is 0 Å². The summed E-state index contributed by atoms with van der Waals surface area (Å²) in [5, 5.41) is 14.1. The maximum Gasteiger partial charge on any atom is 0.171 e. The second-order valence-electron chi connectivity index (χ2n) is 12.6. The first-order chi connectivity index (χ1) is 23.7. The fourth-order valence-electron chi connectivity index (χ4n) is 7.84. The molecule has 0 spiro atoms. The van der Waals surface area contributed by atoms with E-state index in [0.29, 0.717) is 0 Å². The van der Waals surface area contributed by atoms with Crippen LogP contribution in [0.1, 0.15) is 0 Å². The Morgan fingerprint density at radius 1 is 0.396 bits per heavy atom. The normalized spacial score (nSPS) is 12.2. The van der Waals surface area contributed by atoms with E-state index in [1.807, 2.05) is 66.7 Å². The molecule has 0 aliphatic heterocycles. The summed E-state index contributed by atoms with van der Waals surface area (Å²) < 4.78 is 15.6. The average Bonchev–Trinajstić information content (AvgIpc) is 3.16. The molecule has 0 amide bonds. The predicted molar refractivity (Wildman–Crippen MR) is 205 cm³/mol. The van der Waals surface area contributed by atoms with E-state index < -0.39 is 7.14 Å². The maximum absolute atomic E-state index is 15.6. The van der Waals surface area contributed by atoms with Gasteiger partial charge in [-0.2, -0.15) is 0 Å². The summed E-state index contributed by atoms with van der Waals surface area (Å²) in [6, 6.07) is 59.1. The SMILES string of the molecule is O=P(c1ccccc1)(c1ccccc1)c1ccc2ccc3c(-c4cc5cc6ccccc6nc5c5ccccc45)ccc4ccc1c2c43. The molecule has 0 saturated heterocycles. The Kier molecular flexibility index (Phi) is 5.88. The fourth-order valence-corrected chi connectivity index (χ4v) is 10.7. The number of nitrogens with zero attached hydrogens (tertiary/aromatic N) is 1. The van der Waals surface area contributed by atoms with E-state index in [-0.39, 0.29) is 0 Å². The van der Waals surface area contributed by atoms with E-state index in [0.717, 1.165) is 59.3 Å². The first-order valence-electron chi connectivity index (χ1n) is 16.3. The topological polar surface area (TPSA) is 30.0 Å². The van der Waals surface area contributed by atoms with Crippen LogP contribution in [-0.2, 0) is 4.57 Å². The highest BCUT2D eigenvalue weighted by atomic mass is 31.2. The molecule has 0 fully saturated rings. The summed E-state index contributed by atoms with van der Waals surface area (Å²) in [6.45, 7) is 0. The minimum atomic E-state index is -3.19. The van der Waals surface area contributed by atoms with Gasteiger partial charge in [0.25, 0.3) is 0 Å². The second kappa shape index (κ2) is 10.3. The molecular formula is C45H28NOP. The third-order valence-electron chi connectivity index (χ3n) is 10.0. The van der Waals surface area contributed by atoms with Gasteiger partial charge in [0, 0.05) is 32.1 Å². The molecule has 10 rings (SSSR count). The van der Waals surface area contributed by atoms with Crippen molar-refractivity contribution in [1.29, 1.82) is 0 Å². The number of pyridine rings is 1. The summed E-state index contributed by atoms with van der Waals surface area (Å²) in [4.78, 5) is 5.13. The van der Waals surface area contributed by atoms with Crippen LogP contribution in [0.3, 0.4) is 0 Å². The highest BCUT2D eigenvalue weighted by Gasteiger charge is 2.32. The molecule has 3 heteroatoms. The Labute approximate surface area is 277 Å². The van der Waals surface area contributed by atoms with Crippen molar-refractivity contribution in [3.05, 3.63) is 170 Å². The third-order valence-corrected chi connectivity index (χ3v) is 13.2. The highest BCUT2D eigenvalue weighted by Crippen LogP contribution is 2.48. The molecule has 0 radical (unpaired) electrons. The summed E-state index contributed by atoms with van der Waals surface area (Å²) in [5.41, 5.74) is 4.40. The van der Waals surface area contributed by atoms with Crippen molar-refractivity contribution in [3.63, 3.8) is 0 Å². The van der Waals surface area contributed by atoms with E-state index in [2.05, 4.69) is 103 Å². The molecule has 224 valence electrons. The molecule has 48 heavy (non-hydrogen) atoms. The molecule has 0 aliphatic carbocycles. The Bertz CT molecular complexity index is 2870. The summed E-state index contributed by atoms with van der Waals surface area (Å²) in [6.07, 6.45) is 0. The molecule has 10 aromatic rings. The van der Waals surface area contributed by atoms with Crippen LogP contribution < -0.4 is 15.9 Å². The fraction of sp³-hybridized carbons (Fsp3) is 0. The Balaban J connectivity index is 1.29. The van der Waals surface area contributed by atoms with E-state index in [1.165, 1.54) is 32.7 Å². The lowest BCUT2D eigenvalue weighted by Gasteiger charge is -2.23. The van der Waals surface area contributed by atoms with Crippen LogP contribution in [0, 0.1) is 0 Å². The molecule has 9 aromatic carbocycles. The van der Waals surface area contributed by atoms with Crippen LogP contribution >= 0.6 is 7.14 Å². The van der Waals surface area contributed by atoms with Gasteiger partial charge < -0.3 is 4.57 Å². The van der Waals surface area contributed by atoms with E-state index in [1.54, 1.807) is 0 Å². The van der Waals surface area contributed by atoms with E-state index in [9.17, 15) is 0 Å². The molecule has 1 heterocycles. The standard InChI is InChI=1S/C45H28NOP/c47-48(33-12-3-1-4-13-33,34-14-5-2-6-15-34)42-26-22-30-20-24-37-36(23-19-29-21-25-39(42)44(30)43(29)37)40-28-32-27-31-11-7-10-18-41(31)46-45(32)38-17-9-8-16-35(38)40/h1-28H. The van der Waals surface area contributed by atoms with E-state index in [4.69, 9.17) is 4.98 Å². The van der Waals surface area contributed by atoms with Crippen LogP contribution in [0.25, 0.3) is 76.0 Å². The van der Waals surface area contributed by atoms with Crippen LogP contribution in [-0.4, -0.2) is 4.98 Å². The highest BCUT2D eigenvalue weighted by molar-refractivity contribution is 7.85. The number of benzene rings is 9. The molecule has 0 atom stereocenters. The number of hydrogen-bond donors (Lipinski definition) is 0. The summed E-state index contributed by atoms with van der Waals surface area (Å²) in [5.74, 6) is 0. The molecule has 1 aromatic heterocycles. The van der Waals surface area contributed by atoms with Gasteiger partial charge in [-0.25, -0.2) is 4.98 Å². The molecular weight excluding hydrogens is 601 g/mol. The van der Waals surface area contributed by atoms with Crippen molar-refractivity contribution < 1.29 is 4.57 Å². The zero-order valence-electron chi connectivity index (χ0n) is 26.0. The van der Waals surface area contributed by atoms with Crippen LogP contribution in [0.5, 0.6) is 0 Å². The lowest BCUT2D eigenvalue weighted by molar-refractivity contribution is 0.592. The van der Waals surface area contributed by atoms with Crippen molar-refractivity contribution in [2.75, 3.05) is 0 Å². The quantitative estimate of drug-likeness (QED) is 0.110. The smallest absolute Gasteiger partial charge is 0.171 e. The minimum absolute atomic E-state index is 0.843. The van der Waals surface area contributed by atoms with Crippen molar-refractivity contribution >= 4 is 88.0 Å². The molecule has 0 N–H and O–H groups in total. The largest absolute Gasteiger partial charge is 0.309 e. The first kappa shape index (κ1) is 27.3. The minimum Gasteiger partial charge on any atom is -0.309 e. The number of rotatable bonds is 4. The van der Waals surface area contributed by atoms with Crippen LogP contribution in [0.15, 0.2) is 170 Å². The number of aromatic nitrogens is 1. The van der Waals surface area contributed by atoms with Gasteiger partial charge in [0.2, 0.25) is 0 Å². The zero-order valence-corrected chi connectivity index (χ0v) is 26.9. The first-order valence-corrected chi connectivity index (χ1v) is 18.0. The van der Waals surface area contributed by atoms with Gasteiger partial charge in [0.1, 0.15) is 0 Å². The third kappa shape index (κ3) is 3.87. The predicted octanol–water partition coefficient (Wildman–Crippen LogP) is 10.7. The van der Waals surface area contributed by atoms with Crippen molar-refractivity contribution in [2.24, 2.45) is 0 Å². The van der Waals surface area contributed by atoms with Gasteiger partial charge in [-0.05, 0) is 73.1 Å². The Hall–Kier alpha value is -5.82. The van der Waals surface area contributed by atoms with Gasteiger partial charge >= 0.3 is 0 Å². The molecule has 0 aliphatic rings. The van der Waals surface area contributed by atoms with Gasteiger partial charge in [-0.1, -0.05) is 146 Å². The van der Waals surface area contributed by atoms with Gasteiger partial charge in [0.05, 0.1) is 11.0 Å². The molecule has 2 nitrogen and oxygen atoms in total. The monoisotopic (exact) mass is 629 g/mol. The van der Waals surface area contributed by atoms with Gasteiger partial charge in [0.15, 0.2) is 7.14 Å². The van der Waals surface area contributed by atoms with Gasteiger partial charge in [-0.3, -0.25) is 0 Å². The average molecular weight is 630 g/mol. The summed E-state index contributed by atoms with van der Waals surface area (Å²) >= 11 is 0. The van der Waals surface area contributed by atoms with Crippen molar-refractivity contribution in [2.45, 2.75) is 0 Å². The maximum atomic E-state index is 15.6. The van der Waals surface area contributed by atoms with Crippen molar-refractivity contribution in [3.8, 4) is 11.1 Å². The molecule has 0 saturated carbocycles. The van der Waals surface area contributed by atoms with Crippen LogP contribution in [0.2, 0.25) is 0 Å².